The second kappa shape index (κ2) is 4.37. The van der Waals surface area contributed by atoms with E-state index in [1.54, 1.807) is 6.07 Å². The molecule has 0 aliphatic rings. The zero-order valence-electron chi connectivity index (χ0n) is 6.77. The molecule has 0 saturated carbocycles. The molecule has 1 aromatic rings. The Hall–Kier alpha value is -1.53. The van der Waals surface area contributed by atoms with E-state index in [1.165, 1.54) is 0 Å². The van der Waals surface area contributed by atoms with Gasteiger partial charge in [0, 0.05) is 19.3 Å². The van der Waals surface area contributed by atoms with Crippen molar-refractivity contribution in [2.24, 2.45) is 5.73 Å². The van der Waals surface area contributed by atoms with Crippen LogP contribution in [-0.4, -0.2) is 11.1 Å². The third kappa shape index (κ3) is 1.97. The van der Waals surface area contributed by atoms with Crippen LogP contribution in [0.1, 0.15) is 5.69 Å². The summed E-state index contributed by atoms with van der Waals surface area (Å²) < 4.78 is 1.87. The van der Waals surface area contributed by atoms with E-state index in [-0.39, 0.29) is 0 Å². The van der Waals surface area contributed by atoms with E-state index in [9.17, 15) is 0 Å². The second-order valence-corrected chi connectivity index (χ2v) is 2.36. The molecule has 0 amide bonds. The van der Waals surface area contributed by atoms with Crippen LogP contribution in [0.2, 0.25) is 0 Å². The molecule has 0 saturated heterocycles. The van der Waals surface area contributed by atoms with Gasteiger partial charge in [-0.3, -0.25) is 0 Å². The molecule has 3 nitrogen and oxygen atoms in total. The summed E-state index contributed by atoms with van der Waals surface area (Å²) in [5.74, 6) is 0. The van der Waals surface area contributed by atoms with Gasteiger partial charge in [0.25, 0.3) is 0 Å². The number of aromatic nitrogens is 1. The Morgan fingerprint density at radius 3 is 3.08 bits per heavy atom. The van der Waals surface area contributed by atoms with Crippen LogP contribution in [0, 0.1) is 11.3 Å². The number of hydrogen-bond acceptors (Lipinski definition) is 2. The summed E-state index contributed by atoms with van der Waals surface area (Å²) in [6.45, 7) is 1.26. The molecule has 0 aromatic carbocycles. The van der Waals surface area contributed by atoms with Crippen LogP contribution in [0.3, 0.4) is 0 Å². The van der Waals surface area contributed by atoms with Crippen molar-refractivity contribution in [1.82, 2.24) is 4.57 Å². The lowest BCUT2D eigenvalue weighted by Gasteiger charge is -1.97. The Kier molecular flexibility index (Phi) is 3.12. The van der Waals surface area contributed by atoms with Gasteiger partial charge in [0.1, 0.15) is 11.8 Å². The SMILES string of the molecule is N#Cc1cccn1C/C=C/CN. The lowest BCUT2D eigenvalue weighted by molar-refractivity contribution is 0.814. The van der Waals surface area contributed by atoms with E-state index in [1.807, 2.05) is 29.0 Å². The van der Waals surface area contributed by atoms with Gasteiger partial charge in [-0.1, -0.05) is 12.2 Å². The number of nitrogens with two attached hydrogens (primary N) is 1. The predicted molar refractivity (Wildman–Crippen MR) is 47.3 cm³/mol. The highest BCUT2D eigenvalue weighted by Gasteiger charge is 1.94. The Morgan fingerprint density at radius 2 is 2.42 bits per heavy atom. The number of nitrogens with zero attached hydrogens (tertiary/aromatic N) is 2. The molecule has 0 atom stereocenters. The van der Waals surface area contributed by atoms with Crippen molar-refractivity contribution >= 4 is 0 Å². The first-order valence-corrected chi connectivity index (χ1v) is 3.79. The van der Waals surface area contributed by atoms with Gasteiger partial charge in [0.15, 0.2) is 0 Å². The molecule has 62 valence electrons. The van der Waals surface area contributed by atoms with Crippen LogP contribution in [0.25, 0.3) is 0 Å². The van der Waals surface area contributed by atoms with Gasteiger partial charge >= 0.3 is 0 Å². The Bertz CT molecular complexity index is 304. The predicted octanol–water partition coefficient (Wildman–Crippen LogP) is 0.875. The third-order valence-corrected chi connectivity index (χ3v) is 1.55. The van der Waals surface area contributed by atoms with E-state index >= 15 is 0 Å². The first-order chi connectivity index (χ1) is 5.88. The fourth-order valence-corrected chi connectivity index (χ4v) is 0.959. The zero-order valence-corrected chi connectivity index (χ0v) is 6.77. The van der Waals surface area contributed by atoms with Crippen molar-refractivity contribution in [3.8, 4) is 6.07 Å². The summed E-state index contributed by atoms with van der Waals surface area (Å²) in [6.07, 6.45) is 5.70. The normalized spacial score (nSPS) is 10.3. The fraction of sp³-hybridized carbons (Fsp3) is 0.222. The summed E-state index contributed by atoms with van der Waals surface area (Å²) in [5, 5.41) is 8.64. The minimum atomic E-state index is 0.545. The first kappa shape index (κ1) is 8.57. The molecule has 3 heteroatoms. The average molecular weight is 161 g/mol. The highest BCUT2D eigenvalue weighted by molar-refractivity contribution is 5.22. The molecule has 0 aliphatic heterocycles. The molecule has 1 aromatic heterocycles. The number of rotatable bonds is 3. The number of nitriles is 1. The lowest BCUT2D eigenvalue weighted by atomic mass is 10.4. The minimum absolute atomic E-state index is 0.545. The molecule has 0 unspecified atom stereocenters. The van der Waals surface area contributed by atoms with Crippen LogP contribution in [0.4, 0.5) is 0 Å². The maximum absolute atomic E-state index is 8.64. The topological polar surface area (TPSA) is 54.7 Å². The highest BCUT2D eigenvalue weighted by Crippen LogP contribution is 1.99. The Balaban J connectivity index is 2.64. The van der Waals surface area contributed by atoms with E-state index in [0.29, 0.717) is 18.8 Å². The quantitative estimate of drug-likeness (QED) is 0.669. The lowest BCUT2D eigenvalue weighted by Crippen LogP contribution is -1.98. The van der Waals surface area contributed by atoms with E-state index in [4.69, 9.17) is 11.0 Å². The van der Waals surface area contributed by atoms with Crippen molar-refractivity contribution in [1.29, 1.82) is 5.26 Å². The van der Waals surface area contributed by atoms with Gasteiger partial charge in [-0.05, 0) is 12.1 Å². The summed E-state index contributed by atoms with van der Waals surface area (Å²) in [6, 6.07) is 5.74. The monoisotopic (exact) mass is 161 g/mol. The van der Waals surface area contributed by atoms with E-state index in [2.05, 4.69) is 6.07 Å². The van der Waals surface area contributed by atoms with Crippen LogP contribution in [0.15, 0.2) is 30.5 Å². The minimum Gasteiger partial charge on any atom is -0.336 e. The van der Waals surface area contributed by atoms with E-state index in [0.717, 1.165) is 0 Å². The van der Waals surface area contributed by atoms with Gasteiger partial charge in [-0.2, -0.15) is 5.26 Å². The first-order valence-electron chi connectivity index (χ1n) is 3.79. The van der Waals surface area contributed by atoms with Crippen LogP contribution >= 0.6 is 0 Å². The van der Waals surface area contributed by atoms with E-state index < -0.39 is 0 Å². The average Bonchev–Trinajstić information content (AvgIpc) is 2.52. The fourth-order valence-electron chi connectivity index (χ4n) is 0.959. The molecule has 0 aliphatic carbocycles. The maximum atomic E-state index is 8.64. The van der Waals surface area contributed by atoms with Crippen molar-refractivity contribution in [3.05, 3.63) is 36.2 Å². The van der Waals surface area contributed by atoms with Crippen molar-refractivity contribution in [3.63, 3.8) is 0 Å². The summed E-state index contributed by atoms with van der Waals surface area (Å²) >= 11 is 0. The van der Waals surface area contributed by atoms with Crippen LogP contribution in [-0.2, 0) is 6.54 Å². The highest BCUT2D eigenvalue weighted by atomic mass is 15.0. The zero-order chi connectivity index (χ0) is 8.81. The molecule has 0 bridgehead atoms. The molecule has 0 radical (unpaired) electrons. The molecular formula is C9H11N3. The number of allylic oxidation sites excluding steroid dienone is 1. The summed E-state index contributed by atoms with van der Waals surface area (Å²) in [4.78, 5) is 0. The molecule has 1 heterocycles. The van der Waals surface area contributed by atoms with Crippen molar-refractivity contribution in [2.75, 3.05) is 6.54 Å². The Labute approximate surface area is 71.7 Å². The smallest absolute Gasteiger partial charge is 0.120 e. The largest absolute Gasteiger partial charge is 0.336 e. The summed E-state index contributed by atoms with van der Waals surface area (Å²) in [7, 11) is 0. The second-order valence-electron chi connectivity index (χ2n) is 2.36. The molecular weight excluding hydrogens is 150 g/mol. The van der Waals surface area contributed by atoms with Crippen LogP contribution in [0.5, 0.6) is 0 Å². The molecule has 1 rings (SSSR count). The molecule has 0 spiro atoms. The van der Waals surface area contributed by atoms with Crippen molar-refractivity contribution in [2.45, 2.75) is 6.54 Å². The maximum Gasteiger partial charge on any atom is 0.120 e. The third-order valence-electron chi connectivity index (χ3n) is 1.55. The van der Waals surface area contributed by atoms with Gasteiger partial charge in [0.05, 0.1) is 0 Å². The molecule has 0 fully saturated rings. The Morgan fingerprint density at radius 1 is 1.58 bits per heavy atom. The number of hydrogen-bond donors (Lipinski definition) is 1. The summed E-state index contributed by atoms with van der Waals surface area (Å²) in [5.41, 5.74) is 5.95. The standard InChI is InChI=1S/C9H11N3/c10-5-1-2-6-12-7-3-4-9(12)8-11/h1-4,7H,5-6,10H2/b2-1+. The van der Waals surface area contributed by atoms with Gasteiger partial charge in [-0.15, -0.1) is 0 Å². The van der Waals surface area contributed by atoms with Crippen molar-refractivity contribution < 1.29 is 0 Å². The van der Waals surface area contributed by atoms with Gasteiger partial charge in [-0.25, -0.2) is 0 Å². The van der Waals surface area contributed by atoms with Gasteiger partial charge < -0.3 is 10.3 Å². The molecule has 12 heavy (non-hydrogen) atoms. The van der Waals surface area contributed by atoms with Gasteiger partial charge in [0.2, 0.25) is 0 Å². The molecule has 2 N–H and O–H groups in total. The van der Waals surface area contributed by atoms with Crippen LogP contribution < -0.4 is 5.73 Å².